The average molecular weight is 474 g/mol. The van der Waals surface area contributed by atoms with Gasteiger partial charge in [-0.25, -0.2) is 0 Å². The van der Waals surface area contributed by atoms with E-state index in [1.54, 1.807) is 0 Å². The Morgan fingerprint density at radius 2 is 1.07 bits per heavy atom. The molecule has 29 heavy (non-hydrogen) atoms. The van der Waals surface area contributed by atoms with Gasteiger partial charge >= 0.3 is 35.6 Å². The number of halogens is 2. The molecule has 0 unspecified atom stereocenters. The monoisotopic (exact) mass is 473 g/mol. The van der Waals surface area contributed by atoms with E-state index in [1.807, 2.05) is 18.2 Å². The van der Waals surface area contributed by atoms with Crippen molar-refractivity contribution in [2.24, 2.45) is 10.8 Å². The van der Waals surface area contributed by atoms with Crippen LogP contribution in [0.25, 0.3) is 0 Å². The van der Waals surface area contributed by atoms with Gasteiger partial charge in [0.2, 0.25) is 0 Å². The van der Waals surface area contributed by atoms with E-state index < -0.39 is 17.0 Å². The van der Waals surface area contributed by atoms with Crippen LogP contribution in [0.5, 0.6) is 5.75 Å². The molecule has 1 aromatic rings. The van der Waals surface area contributed by atoms with E-state index >= 15 is 0 Å². The van der Waals surface area contributed by atoms with Crippen molar-refractivity contribution in [2.45, 2.75) is 81.1 Å². The van der Waals surface area contributed by atoms with E-state index in [2.05, 4.69) is 87.8 Å². The molecular weight excluding hydrogens is 435 g/mol. The summed E-state index contributed by atoms with van der Waals surface area (Å²) < 4.78 is 0. The Hall–Kier alpha value is -0.206. The summed E-state index contributed by atoms with van der Waals surface area (Å²) in [6, 6.07) is 6.00. The van der Waals surface area contributed by atoms with E-state index in [4.69, 9.17) is 18.6 Å². The van der Waals surface area contributed by atoms with Crippen LogP contribution in [-0.4, -0.2) is 5.11 Å². The molecule has 0 aromatic heterocycles. The molecule has 0 bridgehead atoms. The Bertz CT molecular complexity index is 636. The zero-order chi connectivity index (χ0) is 23.0. The number of benzene rings is 1. The molecule has 1 nitrogen and oxygen atoms in total. The van der Waals surface area contributed by atoms with Crippen molar-refractivity contribution in [1.29, 1.82) is 0 Å². The Morgan fingerprint density at radius 1 is 0.759 bits per heavy atom. The minimum absolute atomic E-state index is 0.281. The standard InChI is InChI=1S/C13H21.C12H18O.2ClH.Ti/c1-12(2,3)10-7-8-11(9-10)13(4,5)6;1-8(2)10-6-5-7-11(9(3)4)12(10)13;;;/h7-9H,1-6H3;5-9,13H,1-4H3;2*1H;/q;;;;+2/p-2. The topological polar surface area (TPSA) is 20.2 Å². The summed E-state index contributed by atoms with van der Waals surface area (Å²) in [6.45, 7) is 21.9. The molecule has 1 aromatic carbocycles. The number of hydrogen-bond acceptors (Lipinski definition) is 1. The number of allylic oxidation sites excluding steroid dienone is 4. The first-order valence-electron chi connectivity index (χ1n) is 10.2. The van der Waals surface area contributed by atoms with E-state index in [-0.39, 0.29) is 10.8 Å². The van der Waals surface area contributed by atoms with Gasteiger partial charge in [-0.3, -0.25) is 0 Å². The van der Waals surface area contributed by atoms with Crippen molar-refractivity contribution in [3.63, 3.8) is 0 Å². The van der Waals surface area contributed by atoms with Crippen molar-refractivity contribution < 1.29 is 22.1 Å². The van der Waals surface area contributed by atoms with Crippen LogP contribution in [0.4, 0.5) is 0 Å². The van der Waals surface area contributed by atoms with Crippen LogP contribution in [0, 0.1) is 17.3 Å². The number of rotatable bonds is 2. The Kier molecular flexibility index (Phi) is 12.5. The molecule has 0 saturated carbocycles. The molecule has 4 heteroatoms. The third-order valence-electron chi connectivity index (χ3n) is 4.83. The first-order chi connectivity index (χ1) is 13.2. The van der Waals surface area contributed by atoms with Crippen LogP contribution in [-0.2, 0) is 17.0 Å². The second-order valence-corrected chi connectivity index (χ2v) is 12.6. The molecule has 2 rings (SSSR count). The predicted octanol–water partition coefficient (Wildman–Crippen LogP) is 9.16. The molecule has 0 aliphatic heterocycles. The van der Waals surface area contributed by atoms with Gasteiger partial charge in [-0.15, -0.1) is 0 Å². The summed E-state index contributed by atoms with van der Waals surface area (Å²) in [5, 5.41) is 9.93. The zero-order valence-electron chi connectivity index (χ0n) is 19.8. The van der Waals surface area contributed by atoms with Gasteiger partial charge < -0.3 is 5.11 Å². The molecule has 1 aliphatic carbocycles. The van der Waals surface area contributed by atoms with E-state index in [0.717, 1.165) is 11.1 Å². The number of phenols is 1. The third-order valence-corrected chi connectivity index (χ3v) is 4.83. The first kappa shape index (κ1) is 28.8. The molecule has 0 fully saturated rings. The molecular formula is C25H39Cl2OTi. The van der Waals surface area contributed by atoms with Gasteiger partial charge in [0.05, 0.1) is 0 Å². The number of hydrogen-bond donors (Lipinski definition) is 1. The van der Waals surface area contributed by atoms with Crippen LogP contribution in [0.15, 0.2) is 41.5 Å². The van der Waals surface area contributed by atoms with Crippen molar-refractivity contribution >= 4 is 18.6 Å². The van der Waals surface area contributed by atoms with Gasteiger partial charge in [-0.1, -0.05) is 111 Å². The number of phenolic OH excluding ortho intramolecular Hbond substituents is 1. The average Bonchev–Trinajstić information content (AvgIpc) is 3.06. The minimum atomic E-state index is -0.556. The first-order valence-corrected chi connectivity index (χ1v) is 14.5. The molecule has 0 spiro atoms. The molecule has 1 aliphatic rings. The van der Waals surface area contributed by atoms with Crippen molar-refractivity contribution in [3.8, 4) is 5.75 Å². The second-order valence-electron chi connectivity index (χ2n) is 10.1. The van der Waals surface area contributed by atoms with E-state index in [1.165, 1.54) is 11.1 Å². The fourth-order valence-corrected chi connectivity index (χ4v) is 2.89. The normalized spacial score (nSPS) is 13.9. The Balaban J connectivity index is 0.000000477. The number of aromatic hydroxyl groups is 1. The van der Waals surface area contributed by atoms with E-state index in [0.29, 0.717) is 17.6 Å². The molecule has 1 radical (unpaired) electrons. The summed E-state index contributed by atoms with van der Waals surface area (Å²) in [6.07, 6.45) is 6.83. The molecule has 163 valence electrons. The maximum absolute atomic E-state index is 9.93. The SMILES string of the molecule is CC(C)(C)C1=CC=C(C(C)(C)C)[CH]1.CC(C)c1cccc(C(C)C)c1O.[Cl][Ti][Cl]. The van der Waals surface area contributed by atoms with Crippen molar-refractivity contribution in [1.82, 2.24) is 0 Å². The summed E-state index contributed by atoms with van der Waals surface area (Å²) in [5.41, 5.74) is 5.54. The van der Waals surface area contributed by atoms with Gasteiger partial charge in [-0.2, -0.15) is 0 Å². The predicted molar refractivity (Wildman–Crippen MR) is 127 cm³/mol. The van der Waals surface area contributed by atoms with Gasteiger partial charge in [0.15, 0.2) is 0 Å². The summed E-state index contributed by atoms with van der Waals surface area (Å²) >= 11 is -0.556. The van der Waals surface area contributed by atoms with Crippen LogP contribution in [0.2, 0.25) is 0 Å². The van der Waals surface area contributed by atoms with Crippen LogP contribution in [0.3, 0.4) is 0 Å². The maximum atomic E-state index is 9.93. The molecule has 1 N–H and O–H groups in total. The summed E-state index contributed by atoms with van der Waals surface area (Å²) in [5.74, 6) is 1.25. The second kappa shape index (κ2) is 12.6. The fraction of sp³-hybridized carbons (Fsp3) is 0.560. The Labute approximate surface area is 196 Å². The van der Waals surface area contributed by atoms with E-state index in [9.17, 15) is 5.11 Å². The van der Waals surface area contributed by atoms with Crippen LogP contribution in [0.1, 0.15) is 92.2 Å². The Morgan fingerprint density at radius 3 is 1.28 bits per heavy atom. The molecule has 0 saturated heterocycles. The van der Waals surface area contributed by atoms with Gasteiger partial charge in [0.1, 0.15) is 5.75 Å². The van der Waals surface area contributed by atoms with Gasteiger partial charge in [-0.05, 0) is 33.8 Å². The third kappa shape index (κ3) is 10.1. The quantitative estimate of drug-likeness (QED) is 0.424. The zero-order valence-corrected chi connectivity index (χ0v) is 22.9. The number of para-hydroxylation sites is 1. The van der Waals surface area contributed by atoms with Crippen molar-refractivity contribution in [3.05, 3.63) is 59.0 Å². The van der Waals surface area contributed by atoms with Gasteiger partial charge in [0.25, 0.3) is 0 Å². The summed E-state index contributed by atoms with van der Waals surface area (Å²) in [4.78, 5) is 0. The van der Waals surface area contributed by atoms with Crippen molar-refractivity contribution in [2.75, 3.05) is 0 Å². The molecule has 0 atom stereocenters. The van der Waals surface area contributed by atoms with Crippen LogP contribution >= 0.6 is 18.6 Å². The van der Waals surface area contributed by atoms with Gasteiger partial charge in [0, 0.05) is 6.42 Å². The summed E-state index contributed by atoms with van der Waals surface area (Å²) in [7, 11) is 9.78. The van der Waals surface area contributed by atoms with Crippen LogP contribution < -0.4 is 0 Å². The molecule has 0 amide bonds. The molecule has 0 heterocycles. The fourth-order valence-electron chi connectivity index (χ4n) is 2.89.